The third kappa shape index (κ3) is 11.7. The van der Waals surface area contributed by atoms with Gasteiger partial charge in [0.2, 0.25) is 15.4 Å². The molecule has 0 aromatic carbocycles. The summed E-state index contributed by atoms with van der Waals surface area (Å²) in [4.78, 5) is 21.1. The maximum atomic E-state index is 11.3. The molecule has 0 aliphatic rings. The van der Waals surface area contributed by atoms with Crippen LogP contribution < -0.4 is 10.5 Å². The molecule has 0 radical (unpaired) electrons. The zero-order valence-corrected chi connectivity index (χ0v) is 14.9. The second-order valence-electron chi connectivity index (χ2n) is 4.48. The van der Waals surface area contributed by atoms with Crippen molar-refractivity contribution < 1.29 is 23.1 Å². The number of carbonyl (C=O) groups is 2. The average molecular weight is 386 g/mol. The fraction of sp³-hybridized carbons (Fsp3) is 0.429. The number of terminal acetylenes is 2. The number of carboxylic acid groups (broad SMARTS) is 1. The van der Waals surface area contributed by atoms with E-state index in [4.69, 9.17) is 23.1 Å². The van der Waals surface area contributed by atoms with Crippen LogP contribution in [0.25, 0.3) is 0 Å². The second kappa shape index (κ2) is 12.0. The number of aliphatic carboxylic acids is 1. The van der Waals surface area contributed by atoms with E-state index in [1.807, 2.05) is 0 Å². The van der Waals surface area contributed by atoms with E-state index in [9.17, 15) is 18.0 Å². The summed E-state index contributed by atoms with van der Waals surface area (Å²) >= 11 is 0.700. The zero-order valence-electron chi connectivity index (χ0n) is 13.3. The van der Waals surface area contributed by atoms with E-state index in [2.05, 4.69) is 27.4 Å². The van der Waals surface area contributed by atoms with Gasteiger partial charge in [-0.3, -0.25) is 9.59 Å². The van der Waals surface area contributed by atoms with E-state index in [0.717, 1.165) is 0 Å². The highest BCUT2D eigenvalue weighted by Crippen LogP contribution is 2.18. The van der Waals surface area contributed by atoms with Crippen LogP contribution in [0.2, 0.25) is 0 Å². The van der Waals surface area contributed by atoms with Crippen LogP contribution in [0.4, 0.5) is 5.13 Å². The summed E-state index contributed by atoms with van der Waals surface area (Å²) in [5, 5.41) is 22.3. The van der Waals surface area contributed by atoms with Crippen molar-refractivity contribution >= 4 is 38.4 Å². The Balaban J connectivity index is 0.000000609. The van der Waals surface area contributed by atoms with E-state index in [-0.39, 0.29) is 28.2 Å². The first kappa shape index (κ1) is 22.5. The van der Waals surface area contributed by atoms with Crippen LogP contribution in [-0.2, 0) is 19.6 Å². The molecule has 4 N–H and O–H groups in total. The Kier molecular flexibility index (Phi) is 10.8. The van der Waals surface area contributed by atoms with Gasteiger partial charge in [0.1, 0.15) is 0 Å². The predicted molar refractivity (Wildman–Crippen MR) is 92.9 cm³/mol. The van der Waals surface area contributed by atoms with Crippen LogP contribution in [0.15, 0.2) is 4.34 Å². The third-order valence-electron chi connectivity index (χ3n) is 2.33. The minimum Gasteiger partial charge on any atom is -0.481 e. The Morgan fingerprint density at radius 3 is 2.16 bits per heavy atom. The number of hydrogen-bond donors (Lipinski definition) is 3. The molecule has 0 spiro atoms. The summed E-state index contributed by atoms with van der Waals surface area (Å²) in [5.41, 5.74) is 0. The Morgan fingerprint density at radius 2 is 1.72 bits per heavy atom. The number of carboxylic acids is 1. The molecule has 0 unspecified atom stereocenters. The molecule has 1 aromatic heterocycles. The first-order chi connectivity index (χ1) is 11.7. The van der Waals surface area contributed by atoms with Gasteiger partial charge in [-0.2, -0.15) is 0 Å². The number of carbonyl (C=O) groups excluding carboxylic acids is 1. The van der Waals surface area contributed by atoms with Crippen LogP contribution in [0.3, 0.4) is 0 Å². The van der Waals surface area contributed by atoms with Crippen molar-refractivity contribution in [3.63, 3.8) is 0 Å². The van der Waals surface area contributed by atoms with Crippen LogP contribution in [0.5, 0.6) is 0 Å². The molecule has 1 rings (SSSR count). The molecule has 9 nitrogen and oxygen atoms in total. The number of nitrogens with two attached hydrogens (primary N) is 1. The van der Waals surface area contributed by atoms with Gasteiger partial charge in [0.05, 0.1) is 0 Å². The first-order valence-corrected chi connectivity index (χ1v) is 9.31. The maximum absolute atomic E-state index is 11.3. The van der Waals surface area contributed by atoms with E-state index in [1.54, 1.807) is 0 Å². The summed E-state index contributed by atoms with van der Waals surface area (Å²) in [5.74, 6) is 3.70. The monoisotopic (exact) mass is 386 g/mol. The largest absolute Gasteiger partial charge is 0.481 e. The average Bonchev–Trinajstić information content (AvgIpc) is 2.97. The summed E-state index contributed by atoms with van der Waals surface area (Å²) in [6.07, 6.45) is 12.6. The molecule has 0 aliphatic carbocycles. The Labute approximate surface area is 150 Å². The molecule has 1 heterocycles. The van der Waals surface area contributed by atoms with Crippen LogP contribution in [-0.4, -0.2) is 35.6 Å². The molecule has 25 heavy (non-hydrogen) atoms. The number of rotatable bonds is 8. The predicted octanol–water partition coefficient (Wildman–Crippen LogP) is 0.802. The number of nitrogens with one attached hydrogen (secondary N) is 1. The van der Waals surface area contributed by atoms with Crippen molar-refractivity contribution in [2.75, 3.05) is 5.32 Å². The molecule has 0 saturated carbocycles. The standard InChI is InChI=1S/C8H10N4O3S2.C6H8O2/c1-2-3-4-5-6(13)10-7-11-12-8(16-7)17(9,14)15;1-2-3-4-5-6(7)8/h1H,3-5H2,(H2,9,14,15)(H,10,11,13);1H,3-5H2,(H,7,8). The number of sulfonamides is 1. The fourth-order valence-corrected chi connectivity index (χ4v) is 2.60. The number of anilines is 1. The highest BCUT2D eigenvalue weighted by molar-refractivity contribution is 7.91. The van der Waals surface area contributed by atoms with Gasteiger partial charge in [-0.15, -0.1) is 34.9 Å². The van der Waals surface area contributed by atoms with E-state index in [1.165, 1.54) is 0 Å². The normalized spacial score (nSPS) is 9.88. The molecule has 0 bridgehead atoms. The molecule has 0 atom stereocenters. The lowest BCUT2D eigenvalue weighted by Crippen LogP contribution is -2.11. The molecular formula is C14H18N4O5S2. The van der Waals surface area contributed by atoms with Crippen molar-refractivity contribution in [2.24, 2.45) is 5.14 Å². The van der Waals surface area contributed by atoms with Crippen molar-refractivity contribution in [3.8, 4) is 24.7 Å². The van der Waals surface area contributed by atoms with Crippen LogP contribution >= 0.6 is 11.3 Å². The number of primary sulfonamides is 1. The van der Waals surface area contributed by atoms with Gasteiger partial charge in [-0.05, 0) is 12.8 Å². The van der Waals surface area contributed by atoms with Gasteiger partial charge in [0.15, 0.2) is 0 Å². The van der Waals surface area contributed by atoms with Gasteiger partial charge in [0, 0.05) is 25.7 Å². The van der Waals surface area contributed by atoms with E-state index < -0.39 is 16.0 Å². The SMILES string of the molecule is C#CCCCC(=O)Nc1nnc(S(N)(=O)=O)s1.C#CCCCC(=O)O. The topological polar surface area (TPSA) is 152 Å². The Morgan fingerprint density at radius 1 is 1.16 bits per heavy atom. The Bertz CT molecular complexity index is 759. The van der Waals surface area contributed by atoms with Crippen molar-refractivity contribution in [2.45, 2.75) is 42.9 Å². The molecular weight excluding hydrogens is 368 g/mol. The molecule has 0 fully saturated rings. The number of nitrogens with zero attached hydrogens (tertiary/aromatic N) is 2. The van der Waals surface area contributed by atoms with Gasteiger partial charge >= 0.3 is 5.97 Å². The highest BCUT2D eigenvalue weighted by Gasteiger charge is 2.15. The molecule has 1 amide bonds. The summed E-state index contributed by atoms with van der Waals surface area (Å²) in [6.45, 7) is 0. The maximum Gasteiger partial charge on any atom is 0.303 e. The van der Waals surface area contributed by atoms with Gasteiger partial charge in [-0.25, -0.2) is 13.6 Å². The lowest BCUT2D eigenvalue weighted by atomic mass is 10.2. The fourth-order valence-electron chi connectivity index (χ4n) is 1.25. The Hall–Kier alpha value is -2.47. The third-order valence-corrected chi connectivity index (χ3v) is 4.48. The minimum atomic E-state index is -3.87. The smallest absolute Gasteiger partial charge is 0.303 e. The summed E-state index contributed by atoms with van der Waals surface area (Å²) in [7, 11) is -3.87. The van der Waals surface area contributed by atoms with Crippen LogP contribution in [0.1, 0.15) is 38.5 Å². The number of amides is 1. The van der Waals surface area contributed by atoms with Crippen molar-refractivity contribution in [3.05, 3.63) is 0 Å². The van der Waals surface area contributed by atoms with Gasteiger partial charge in [-0.1, -0.05) is 11.3 Å². The van der Waals surface area contributed by atoms with Crippen LogP contribution in [0, 0.1) is 24.7 Å². The van der Waals surface area contributed by atoms with Crippen molar-refractivity contribution in [1.82, 2.24) is 10.2 Å². The number of hydrogen-bond acceptors (Lipinski definition) is 7. The summed E-state index contributed by atoms with van der Waals surface area (Å²) in [6, 6.07) is 0. The molecule has 1 aromatic rings. The molecule has 11 heteroatoms. The lowest BCUT2D eigenvalue weighted by Gasteiger charge is -1.98. The molecule has 0 aliphatic heterocycles. The van der Waals surface area contributed by atoms with E-state index in [0.29, 0.717) is 37.0 Å². The van der Waals surface area contributed by atoms with Crippen molar-refractivity contribution in [1.29, 1.82) is 0 Å². The number of aromatic nitrogens is 2. The van der Waals surface area contributed by atoms with Gasteiger partial charge in [0.25, 0.3) is 10.0 Å². The molecule has 0 saturated heterocycles. The second-order valence-corrected chi connectivity index (χ2v) is 7.19. The first-order valence-electron chi connectivity index (χ1n) is 6.95. The van der Waals surface area contributed by atoms with E-state index >= 15 is 0 Å². The molecule has 136 valence electrons. The quantitative estimate of drug-likeness (QED) is 0.339. The summed E-state index contributed by atoms with van der Waals surface area (Å²) < 4.78 is 21.5. The minimum absolute atomic E-state index is 0.0970. The zero-order chi connectivity index (χ0) is 19.3. The highest BCUT2D eigenvalue weighted by atomic mass is 32.2. The van der Waals surface area contributed by atoms with Gasteiger partial charge < -0.3 is 10.4 Å². The number of unbranched alkanes of at least 4 members (excludes halogenated alkanes) is 2. The lowest BCUT2D eigenvalue weighted by molar-refractivity contribution is -0.137.